The number of hydrogen-bond donors (Lipinski definition) is 2. The Bertz CT molecular complexity index is 238. The predicted molar refractivity (Wildman–Crippen MR) is 90.4 cm³/mol. The van der Waals surface area contributed by atoms with Gasteiger partial charge in [-0.15, -0.1) is 0 Å². The van der Waals surface area contributed by atoms with E-state index in [4.69, 9.17) is 20.3 Å². The van der Waals surface area contributed by atoms with Crippen LogP contribution in [0.1, 0.15) is 40.5 Å². The van der Waals surface area contributed by atoms with E-state index in [1.807, 2.05) is 0 Å². The Hall–Kier alpha value is 0.540. The highest BCUT2D eigenvalue weighted by molar-refractivity contribution is 8.76. The fourth-order valence-corrected chi connectivity index (χ4v) is 3.56. The lowest BCUT2D eigenvalue weighted by Gasteiger charge is -2.29. The normalized spacial score (nSPS) is 12.9. The Morgan fingerprint density at radius 3 is 2.05 bits per heavy atom. The molecule has 0 amide bonds. The average molecular weight is 326 g/mol. The first-order valence-corrected chi connectivity index (χ1v) is 9.65. The molecule has 0 aliphatic heterocycles. The maximum Gasteiger partial charge on any atom is 0.0649 e. The molecule has 0 aromatic rings. The van der Waals surface area contributed by atoms with Crippen LogP contribution in [0.2, 0.25) is 0 Å². The summed E-state index contributed by atoms with van der Waals surface area (Å²) in [6.07, 6.45) is 1.86. The standard InChI is InChI=1S/C14H31NO3S2/c1-13(2,18-10-7-15)5-9-17-14(3,4)6-11-19-20-12-8-16/h16H,5-12,15H2,1-4H3. The zero-order valence-corrected chi connectivity index (χ0v) is 14.9. The van der Waals surface area contributed by atoms with E-state index < -0.39 is 0 Å². The lowest BCUT2D eigenvalue weighted by atomic mass is 10.0. The number of aliphatic hydroxyl groups is 1. The van der Waals surface area contributed by atoms with Crippen LogP contribution in [0.15, 0.2) is 0 Å². The van der Waals surface area contributed by atoms with Crippen molar-refractivity contribution in [2.24, 2.45) is 5.73 Å². The maximum atomic E-state index is 8.70. The predicted octanol–water partition coefficient (Wildman–Crippen LogP) is 2.69. The molecule has 0 heterocycles. The summed E-state index contributed by atoms with van der Waals surface area (Å²) in [7, 11) is 3.50. The van der Waals surface area contributed by atoms with E-state index in [9.17, 15) is 0 Å². The minimum Gasteiger partial charge on any atom is -0.395 e. The van der Waals surface area contributed by atoms with Gasteiger partial charge in [-0.1, -0.05) is 21.6 Å². The Kier molecular flexibility index (Phi) is 11.5. The molecular formula is C14H31NO3S2. The molecule has 3 N–H and O–H groups in total. The number of nitrogens with two attached hydrogens (primary N) is 1. The molecule has 0 fully saturated rings. The fourth-order valence-electron chi connectivity index (χ4n) is 1.50. The van der Waals surface area contributed by atoms with Gasteiger partial charge in [-0.25, -0.2) is 0 Å². The average Bonchev–Trinajstić information content (AvgIpc) is 2.35. The highest BCUT2D eigenvalue weighted by atomic mass is 33.1. The summed E-state index contributed by atoms with van der Waals surface area (Å²) in [4.78, 5) is 0. The Morgan fingerprint density at radius 1 is 0.900 bits per heavy atom. The van der Waals surface area contributed by atoms with Gasteiger partial charge in [-0.2, -0.15) is 0 Å². The molecule has 0 aliphatic rings. The molecule has 0 saturated carbocycles. The third-order valence-electron chi connectivity index (χ3n) is 2.85. The number of aliphatic hydroxyl groups excluding tert-OH is 1. The molecule has 6 heteroatoms. The van der Waals surface area contributed by atoms with Crippen molar-refractivity contribution in [1.82, 2.24) is 0 Å². The van der Waals surface area contributed by atoms with Crippen LogP contribution in [0, 0.1) is 0 Å². The molecule has 4 nitrogen and oxygen atoms in total. The molecule has 0 bridgehead atoms. The molecule has 0 rings (SSSR count). The maximum absolute atomic E-state index is 8.70. The summed E-state index contributed by atoms with van der Waals surface area (Å²) < 4.78 is 11.7. The molecule has 0 aliphatic carbocycles. The van der Waals surface area contributed by atoms with Crippen molar-refractivity contribution in [3.8, 4) is 0 Å². The summed E-state index contributed by atoms with van der Waals surface area (Å²) in [5.41, 5.74) is 5.15. The van der Waals surface area contributed by atoms with Crippen LogP contribution < -0.4 is 5.73 Å². The molecule has 0 saturated heterocycles. The monoisotopic (exact) mass is 325 g/mol. The molecule has 0 unspecified atom stereocenters. The molecular weight excluding hydrogens is 294 g/mol. The molecule has 20 heavy (non-hydrogen) atoms. The topological polar surface area (TPSA) is 64.7 Å². The van der Waals surface area contributed by atoms with Crippen molar-refractivity contribution in [1.29, 1.82) is 0 Å². The summed E-state index contributed by atoms with van der Waals surface area (Å²) in [6, 6.07) is 0. The molecule has 0 aromatic heterocycles. The minimum absolute atomic E-state index is 0.114. The van der Waals surface area contributed by atoms with Gasteiger partial charge in [0.15, 0.2) is 0 Å². The SMILES string of the molecule is CC(C)(CCOC(C)(C)CCSSCCO)OCCN. The second-order valence-electron chi connectivity index (χ2n) is 5.87. The van der Waals surface area contributed by atoms with Gasteiger partial charge >= 0.3 is 0 Å². The quantitative estimate of drug-likeness (QED) is 0.401. The first-order chi connectivity index (χ1) is 9.33. The summed E-state index contributed by atoms with van der Waals surface area (Å²) >= 11 is 0. The van der Waals surface area contributed by atoms with Gasteiger partial charge in [0.2, 0.25) is 0 Å². The van der Waals surface area contributed by atoms with E-state index in [1.54, 1.807) is 21.6 Å². The van der Waals surface area contributed by atoms with Crippen molar-refractivity contribution in [2.75, 3.05) is 37.9 Å². The lowest BCUT2D eigenvalue weighted by molar-refractivity contribution is -0.0707. The second-order valence-corrected chi connectivity index (χ2v) is 8.57. The van der Waals surface area contributed by atoms with E-state index in [2.05, 4.69) is 27.7 Å². The summed E-state index contributed by atoms with van der Waals surface area (Å²) in [5, 5.41) is 8.70. The van der Waals surface area contributed by atoms with Crippen LogP contribution in [0.5, 0.6) is 0 Å². The van der Waals surface area contributed by atoms with Crippen molar-refractivity contribution in [2.45, 2.75) is 51.7 Å². The highest BCUT2D eigenvalue weighted by Gasteiger charge is 2.22. The second kappa shape index (κ2) is 11.2. The molecule has 122 valence electrons. The van der Waals surface area contributed by atoms with E-state index in [-0.39, 0.29) is 17.8 Å². The van der Waals surface area contributed by atoms with Gasteiger partial charge in [0.05, 0.1) is 31.0 Å². The molecule has 0 atom stereocenters. The first-order valence-electron chi connectivity index (χ1n) is 7.16. The smallest absolute Gasteiger partial charge is 0.0649 e. The summed E-state index contributed by atoms with van der Waals surface area (Å²) in [5.74, 6) is 1.82. The van der Waals surface area contributed by atoms with Gasteiger partial charge in [-0.3, -0.25) is 0 Å². The van der Waals surface area contributed by atoms with Gasteiger partial charge in [0.1, 0.15) is 0 Å². The minimum atomic E-state index is -0.179. The van der Waals surface area contributed by atoms with Gasteiger partial charge in [0.25, 0.3) is 0 Å². The molecule has 0 spiro atoms. The summed E-state index contributed by atoms with van der Waals surface area (Å²) in [6.45, 7) is 10.5. The number of hydrogen-bond acceptors (Lipinski definition) is 6. The highest BCUT2D eigenvalue weighted by Crippen LogP contribution is 2.26. The third-order valence-corrected chi connectivity index (χ3v) is 5.24. The Labute approximate surface area is 131 Å². The van der Waals surface area contributed by atoms with E-state index >= 15 is 0 Å². The Balaban J connectivity index is 3.74. The van der Waals surface area contributed by atoms with Crippen LogP contribution in [0.4, 0.5) is 0 Å². The zero-order valence-electron chi connectivity index (χ0n) is 13.3. The van der Waals surface area contributed by atoms with E-state index in [0.29, 0.717) is 19.8 Å². The van der Waals surface area contributed by atoms with E-state index in [1.165, 1.54) is 0 Å². The zero-order chi connectivity index (χ0) is 15.5. The van der Waals surface area contributed by atoms with Crippen LogP contribution in [-0.4, -0.2) is 54.2 Å². The van der Waals surface area contributed by atoms with Crippen molar-refractivity contribution in [3.63, 3.8) is 0 Å². The van der Waals surface area contributed by atoms with Crippen molar-refractivity contribution >= 4 is 21.6 Å². The van der Waals surface area contributed by atoms with Crippen LogP contribution in [0.3, 0.4) is 0 Å². The van der Waals surface area contributed by atoms with Crippen LogP contribution in [-0.2, 0) is 9.47 Å². The van der Waals surface area contributed by atoms with E-state index in [0.717, 1.165) is 24.3 Å². The van der Waals surface area contributed by atoms with Crippen LogP contribution >= 0.6 is 21.6 Å². The molecule has 0 aromatic carbocycles. The van der Waals surface area contributed by atoms with Gasteiger partial charge in [-0.05, 0) is 40.5 Å². The van der Waals surface area contributed by atoms with Crippen molar-refractivity contribution < 1.29 is 14.6 Å². The number of ether oxygens (including phenoxy) is 2. The fraction of sp³-hybridized carbons (Fsp3) is 1.00. The van der Waals surface area contributed by atoms with Gasteiger partial charge < -0.3 is 20.3 Å². The first kappa shape index (κ1) is 20.5. The van der Waals surface area contributed by atoms with Gasteiger partial charge in [0, 0.05) is 18.1 Å². The largest absolute Gasteiger partial charge is 0.395 e. The third kappa shape index (κ3) is 12.3. The van der Waals surface area contributed by atoms with Crippen molar-refractivity contribution in [3.05, 3.63) is 0 Å². The van der Waals surface area contributed by atoms with Crippen LogP contribution in [0.25, 0.3) is 0 Å². The Morgan fingerprint density at radius 2 is 1.45 bits per heavy atom. The lowest BCUT2D eigenvalue weighted by Crippen LogP contribution is -2.32. The number of rotatable bonds is 13. The molecule has 0 radical (unpaired) electrons.